The molecule has 0 saturated heterocycles. The fraction of sp³-hybridized carbons (Fsp3) is 0.0968. The van der Waals surface area contributed by atoms with E-state index in [4.69, 9.17) is 4.74 Å². The molecule has 0 heterocycles. The second-order valence-electron chi connectivity index (χ2n) is 6.89. The molecule has 2 aliphatic rings. The van der Waals surface area contributed by atoms with Crippen LogP contribution in [0.1, 0.15) is 17.5 Å². The van der Waals surface area contributed by atoms with Gasteiger partial charge in [0.05, 0.1) is 7.11 Å². The Labute approximate surface area is 245 Å². The summed E-state index contributed by atoms with van der Waals surface area (Å²) in [7, 11) is 1.72. The first kappa shape index (κ1) is 33.8. The first-order chi connectivity index (χ1) is 16.9. The van der Waals surface area contributed by atoms with E-state index in [0.29, 0.717) is 0 Å². The Bertz CT molecular complexity index is 1040. The molecule has 6 rings (SSSR count). The van der Waals surface area contributed by atoms with Crippen LogP contribution in [0.3, 0.4) is 0 Å². The summed E-state index contributed by atoms with van der Waals surface area (Å²) in [5.41, 5.74) is 5.13. The summed E-state index contributed by atoms with van der Waals surface area (Å²) in [5.74, 6) is 0.952. The molecule has 0 saturated carbocycles. The van der Waals surface area contributed by atoms with Crippen molar-refractivity contribution in [2.75, 3.05) is 7.11 Å². The minimum absolute atomic E-state index is 0. The number of allylic oxidation sites excluding steroid dienone is 4. The van der Waals surface area contributed by atoms with Crippen LogP contribution in [0, 0.1) is 24.3 Å². The first-order valence-electron chi connectivity index (χ1n) is 10.8. The number of fused-ring (bicyclic) bond motifs is 3. The number of benzene rings is 4. The predicted molar refractivity (Wildman–Crippen MR) is 152 cm³/mol. The maximum absolute atomic E-state index is 5.39. The van der Waals surface area contributed by atoms with E-state index in [1.165, 1.54) is 45.6 Å². The van der Waals surface area contributed by atoms with Crippen LogP contribution in [0.4, 0.5) is 0 Å². The van der Waals surface area contributed by atoms with Gasteiger partial charge in [0, 0.05) is 5.75 Å². The van der Waals surface area contributed by atoms with Crippen LogP contribution < -0.4 is 4.74 Å². The molecular weight excluding hydrogens is 579 g/mol. The average molecular weight is 607 g/mol. The van der Waals surface area contributed by atoms with Gasteiger partial charge in [0.1, 0.15) is 0 Å². The molecule has 1 nitrogen and oxygen atoms in total. The molecule has 0 aliphatic heterocycles. The smallest absolute Gasteiger partial charge is 0.171 e. The summed E-state index contributed by atoms with van der Waals surface area (Å²) in [6.07, 6.45) is 11.0. The van der Waals surface area contributed by atoms with Crippen LogP contribution in [0.5, 0.6) is 5.75 Å². The van der Waals surface area contributed by atoms with Gasteiger partial charge < -0.3 is 4.74 Å². The molecule has 0 fully saturated rings. The van der Waals surface area contributed by atoms with Crippen molar-refractivity contribution in [3.63, 3.8) is 0 Å². The molecule has 0 spiro atoms. The molecule has 2 radical (unpaired) electrons. The van der Waals surface area contributed by atoms with Gasteiger partial charge in [-0.25, -0.2) is 12.2 Å². The van der Waals surface area contributed by atoms with Crippen molar-refractivity contribution >= 4 is 31.7 Å². The minimum atomic E-state index is 0. The molecule has 0 amide bonds. The van der Waals surface area contributed by atoms with Gasteiger partial charge in [-0.2, -0.15) is 91.0 Å². The number of methoxy groups -OCH3 is 1. The summed E-state index contributed by atoms with van der Waals surface area (Å²) < 4.78 is 5.39. The van der Waals surface area contributed by atoms with Crippen LogP contribution >= 0.6 is 24.8 Å². The number of ether oxygens (including phenoxy) is 1. The van der Waals surface area contributed by atoms with E-state index >= 15 is 0 Å². The van der Waals surface area contributed by atoms with Crippen molar-refractivity contribution in [2.45, 2.75) is 12.8 Å². The standard InChI is InChI=1S/C14H11O.2C6H5.C5H5.2ClH.Si.Zr/c1-15-13-8-4-6-11-9-10-5-2-3-7-12(10)14(11)13;2*1-2-4-6-5-3-1;1-2-4-5-3-1;;;;/h2-5,7-8H,9H2,1H3;2*1-5H;1-3H,4H2;2*1H;;/q4*-1;;;;. The third-order valence-corrected chi connectivity index (χ3v) is 4.71. The van der Waals surface area contributed by atoms with E-state index < -0.39 is 0 Å². The quantitative estimate of drug-likeness (QED) is 0.140. The Morgan fingerprint density at radius 1 is 0.778 bits per heavy atom. The molecule has 4 aromatic rings. The maximum Gasteiger partial charge on any atom is -0.171 e. The Morgan fingerprint density at radius 3 is 1.81 bits per heavy atom. The van der Waals surface area contributed by atoms with Gasteiger partial charge in [0.15, 0.2) is 0 Å². The monoisotopic (exact) mass is 604 g/mol. The SMILES string of the molecule is COc1cc[c-]c2c1-c1ccccc1C2.Cl.Cl.[C-]1=CC=CC1.[Si]=[Zr].[c-]1ccccc1.[c-]1ccccc1. The van der Waals surface area contributed by atoms with Gasteiger partial charge in [-0.1, -0.05) is 35.4 Å². The zero-order valence-corrected chi connectivity index (χ0v) is 25.2. The van der Waals surface area contributed by atoms with Crippen LogP contribution in [0.15, 0.2) is 115 Å². The summed E-state index contributed by atoms with van der Waals surface area (Å²) in [6, 6.07) is 40.7. The zero-order chi connectivity index (χ0) is 24.3. The average Bonchev–Trinajstić information content (AvgIpc) is 3.64. The largest absolute Gasteiger partial charge is 0.184 e. The Morgan fingerprint density at radius 2 is 1.39 bits per heavy atom. The van der Waals surface area contributed by atoms with Crippen molar-refractivity contribution in [1.29, 1.82) is 0 Å². The van der Waals surface area contributed by atoms with Gasteiger partial charge in [-0.15, -0.1) is 42.9 Å². The molecule has 0 unspecified atom stereocenters. The molecule has 36 heavy (non-hydrogen) atoms. The second-order valence-corrected chi connectivity index (χ2v) is 6.89. The fourth-order valence-electron chi connectivity index (χ4n) is 3.26. The van der Waals surface area contributed by atoms with Crippen molar-refractivity contribution in [2.24, 2.45) is 0 Å². The van der Waals surface area contributed by atoms with Crippen molar-refractivity contribution in [1.82, 2.24) is 0 Å². The third-order valence-electron chi connectivity index (χ3n) is 4.71. The predicted octanol–water partition coefficient (Wildman–Crippen LogP) is 7.81. The molecule has 0 bridgehead atoms. The van der Waals surface area contributed by atoms with Crippen LogP contribution in [-0.4, -0.2) is 14.0 Å². The van der Waals surface area contributed by atoms with Gasteiger partial charge in [-0.05, 0) is 12.0 Å². The molecule has 2 aliphatic carbocycles. The van der Waals surface area contributed by atoms with E-state index in [-0.39, 0.29) is 24.8 Å². The molecule has 0 atom stereocenters. The minimum Gasteiger partial charge on any atom is -0.184 e. The van der Waals surface area contributed by atoms with Crippen LogP contribution in [0.25, 0.3) is 11.1 Å². The number of halogens is 2. The van der Waals surface area contributed by atoms with E-state index in [1.54, 1.807) is 7.11 Å². The Balaban J connectivity index is 0.000000490. The van der Waals surface area contributed by atoms with Crippen LogP contribution in [-0.2, 0) is 29.8 Å². The summed E-state index contributed by atoms with van der Waals surface area (Å²) >= 11 is 1.36. The van der Waals surface area contributed by atoms with Crippen LogP contribution in [0.2, 0.25) is 0 Å². The summed E-state index contributed by atoms with van der Waals surface area (Å²) in [4.78, 5) is 0. The van der Waals surface area contributed by atoms with Crippen molar-refractivity contribution in [3.05, 3.63) is 151 Å². The molecular formula is C31H28Cl2OSiZr-4. The van der Waals surface area contributed by atoms with E-state index in [9.17, 15) is 0 Å². The maximum atomic E-state index is 5.39. The molecule has 184 valence electrons. The van der Waals surface area contributed by atoms with Crippen molar-refractivity contribution < 1.29 is 28.1 Å². The van der Waals surface area contributed by atoms with E-state index in [1.807, 2.05) is 84.9 Å². The first-order valence-corrected chi connectivity index (χ1v) is 15.0. The number of hydrogen-bond acceptors (Lipinski definition) is 1. The van der Waals surface area contributed by atoms with Gasteiger partial charge in [0.25, 0.3) is 0 Å². The van der Waals surface area contributed by atoms with E-state index in [2.05, 4.69) is 61.5 Å². The van der Waals surface area contributed by atoms with E-state index in [0.717, 1.165) is 18.6 Å². The normalized spacial score (nSPS) is 10.2. The Hall–Kier alpha value is -2.16. The summed E-state index contributed by atoms with van der Waals surface area (Å²) in [6.45, 7) is 3.06. The second kappa shape index (κ2) is 22.1. The number of hydrogen-bond donors (Lipinski definition) is 0. The number of rotatable bonds is 1. The zero-order valence-electron chi connectivity index (χ0n) is 20.1. The topological polar surface area (TPSA) is 9.23 Å². The molecule has 0 N–H and O–H groups in total. The molecule has 5 heteroatoms. The van der Waals surface area contributed by atoms with Crippen molar-refractivity contribution in [3.8, 4) is 16.9 Å². The fourth-order valence-corrected chi connectivity index (χ4v) is 3.26. The van der Waals surface area contributed by atoms with Gasteiger partial charge in [-0.3, -0.25) is 6.08 Å². The molecule has 4 aromatic carbocycles. The Kier molecular flexibility index (Phi) is 20.7. The molecule has 0 aromatic heterocycles. The van der Waals surface area contributed by atoms with Gasteiger partial charge >= 0.3 is 30.2 Å². The summed E-state index contributed by atoms with van der Waals surface area (Å²) in [5, 5.41) is 0. The van der Waals surface area contributed by atoms with Gasteiger partial charge in [0.2, 0.25) is 0 Å². The third kappa shape index (κ3) is 12.2.